The fraction of sp³-hybridized carbons (Fsp3) is 0.438. The van der Waals surface area contributed by atoms with Crippen molar-refractivity contribution < 1.29 is 0 Å². The lowest BCUT2D eigenvalue weighted by Gasteiger charge is -2.21. The maximum Gasteiger partial charge on any atom is 0.0900 e. The molecule has 0 atom stereocenters. The fourth-order valence-electron chi connectivity index (χ4n) is 2.31. The first-order valence-electron chi connectivity index (χ1n) is 7.08. The minimum absolute atomic E-state index is 0. The van der Waals surface area contributed by atoms with Gasteiger partial charge in [-0.1, -0.05) is 30.3 Å². The highest BCUT2D eigenvalue weighted by Gasteiger charge is 2.10. The molecular weight excluding hydrogens is 302 g/mol. The van der Waals surface area contributed by atoms with E-state index in [-0.39, 0.29) is 12.4 Å². The predicted octanol–water partition coefficient (Wildman–Crippen LogP) is 3.19. The number of aryl methyl sites for hydroxylation is 2. The van der Waals surface area contributed by atoms with Crippen LogP contribution in [0.5, 0.6) is 0 Å². The summed E-state index contributed by atoms with van der Waals surface area (Å²) in [5.41, 5.74) is 8.28. The Hall–Kier alpha value is -0.940. The molecule has 0 saturated carbocycles. The molecule has 0 spiro atoms. The molecule has 0 fully saturated rings. The highest BCUT2D eigenvalue weighted by Crippen LogP contribution is 2.19. The monoisotopic (exact) mass is 325 g/mol. The standard InChI is InChI=1S/C16H23N3S.ClH/c1-13-16(20-14(2)18-13)12-19(11-9-17)10-8-15-6-4-3-5-7-15;/h3-7H,8-12,17H2,1-2H3;1H. The van der Waals surface area contributed by atoms with Gasteiger partial charge in [0.15, 0.2) is 0 Å². The van der Waals surface area contributed by atoms with Crippen molar-refractivity contribution in [2.45, 2.75) is 26.8 Å². The summed E-state index contributed by atoms with van der Waals surface area (Å²) < 4.78 is 0. The van der Waals surface area contributed by atoms with Gasteiger partial charge in [-0.15, -0.1) is 23.7 Å². The molecule has 1 heterocycles. The lowest BCUT2D eigenvalue weighted by atomic mass is 10.1. The molecule has 0 aliphatic carbocycles. The van der Waals surface area contributed by atoms with E-state index >= 15 is 0 Å². The summed E-state index contributed by atoms with van der Waals surface area (Å²) in [6.07, 6.45) is 1.07. The average molecular weight is 326 g/mol. The summed E-state index contributed by atoms with van der Waals surface area (Å²) in [7, 11) is 0. The highest BCUT2D eigenvalue weighted by atomic mass is 35.5. The van der Waals surface area contributed by atoms with Crippen molar-refractivity contribution in [1.82, 2.24) is 9.88 Å². The number of nitrogens with two attached hydrogens (primary N) is 1. The summed E-state index contributed by atoms with van der Waals surface area (Å²) in [5.74, 6) is 0. The Morgan fingerprint density at radius 2 is 1.86 bits per heavy atom. The van der Waals surface area contributed by atoms with E-state index in [4.69, 9.17) is 5.73 Å². The van der Waals surface area contributed by atoms with Crippen LogP contribution in [0.1, 0.15) is 21.1 Å². The molecule has 2 N–H and O–H groups in total. The van der Waals surface area contributed by atoms with Gasteiger partial charge < -0.3 is 5.73 Å². The molecule has 2 aromatic rings. The van der Waals surface area contributed by atoms with E-state index in [9.17, 15) is 0 Å². The minimum Gasteiger partial charge on any atom is -0.329 e. The molecule has 0 aliphatic rings. The zero-order valence-electron chi connectivity index (χ0n) is 12.7. The molecule has 0 radical (unpaired) electrons. The van der Waals surface area contributed by atoms with E-state index in [2.05, 4.69) is 54.1 Å². The first-order valence-corrected chi connectivity index (χ1v) is 7.90. The van der Waals surface area contributed by atoms with Gasteiger partial charge in [0, 0.05) is 31.1 Å². The molecule has 1 aromatic carbocycles. The van der Waals surface area contributed by atoms with E-state index in [0.717, 1.165) is 36.8 Å². The van der Waals surface area contributed by atoms with Crippen LogP contribution >= 0.6 is 23.7 Å². The van der Waals surface area contributed by atoms with E-state index in [1.54, 1.807) is 11.3 Å². The van der Waals surface area contributed by atoms with Crippen LogP contribution in [0.3, 0.4) is 0 Å². The first kappa shape index (κ1) is 18.1. The van der Waals surface area contributed by atoms with Crippen molar-refractivity contribution in [3.8, 4) is 0 Å². The van der Waals surface area contributed by atoms with Crippen molar-refractivity contribution >= 4 is 23.7 Å². The van der Waals surface area contributed by atoms with Crippen LogP contribution in [0.4, 0.5) is 0 Å². The van der Waals surface area contributed by atoms with Crippen molar-refractivity contribution in [2.24, 2.45) is 5.73 Å². The fourth-order valence-corrected chi connectivity index (χ4v) is 3.29. The van der Waals surface area contributed by atoms with Gasteiger partial charge in [0.1, 0.15) is 0 Å². The number of thiazole rings is 1. The van der Waals surface area contributed by atoms with Crippen LogP contribution in [-0.2, 0) is 13.0 Å². The smallest absolute Gasteiger partial charge is 0.0900 e. The topological polar surface area (TPSA) is 42.2 Å². The first-order chi connectivity index (χ1) is 9.69. The molecule has 1 aromatic heterocycles. The Bertz CT molecular complexity index is 528. The summed E-state index contributed by atoms with van der Waals surface area (Å²) in [6.45, 7) is 7.79. The van der Waals surface area contributed by atoms with E-state index in [0.29, 0.717) is 6.54 Å². The molecule has 116 valence electrons. The summed E-state index contributed by atoms with van der Waals surface area (Å²) in [5, 5.41) is 1.15. The predicted molar refractivity (Wildman–Crippen MR) is 93.3 cm³/mol. The Balaban J connectivity index is 0.00000220. The van der Waals surface area contributed by atoms with Crippen LogP contribution in [0.2, 0.25) is 0 Å². The molecule has 3 nitrogen and oxygen atoms in total. The normalized spacial score (nSPS) is 10.7. The van der Waals surface area contributed by atoms with Gasteiger partial charge in [-0.2, -0.15) is 0 Å². The van der Waals surface area contributed by atoms with E-state index in [1.165, 1.54) is 10.4 Å². The Labute approximate surface area is 137 Å². The van der Waals surface area contributed by atoms with Crippen LogP contribution in [0, 0.1) is 13.8 Å². The number of rotatable bonds is 7. The molecule has 0 unspecified atom stereocenters. The molecule has 2 rings (SSSR count). The summed E-state index contributed by atoms with van der Waals surface area (Å²) in [4.78, 5) is 8.29. The second-order valence-corrected chi connectivity index (χ2v) is 6.33. The van der Waals surface area contributed by atoms with Crippen molar-refractivity contribution in [3.05, 3.63) is 51.5 Å². The second kappa shape index (κ2) is 9.15. The molecule has 21 heavy (non-hydrogen) atoms. The van der Waals surface area contributed by atoms with E-state index in [1.807, 2.05) is 0 Å². The Morgan fingerprint density at radius 3 is 2.43 bits per heavy atom. The number of halogens is 1. The molecule has 0 bridgehead atoms. The molecule has 0 saturated heterocycles. The average Bonchev–Trinajstić information content (AvgIpc) is 2.76. The maximum absolute atomic E-state index is 5.74. The molecule has 5 heteroatoms. The molecular formula is C16H24ClN3S. The highest BCUT2D eigenvalue weighted by molar-refractivity contribution is 7.11. The van der Waals surface area contributed by atoms with Crippen LogP contribution < -0.4 is 5.73 Å². The quantitative estimate of drug-likeness (QED) is 0.850. The Kier molecular flexibility index (Phi) is 7.89. The van der Waals surface area contributed by atoms with Gasteiger partial charge in [-0.25, -0.2) is 4.98 Å². The van der Waals surface area contributed by atoms with Crippen molar-refractivity contribution in [3.63, 3.8) is 0 Å². The number of aromatic nitrogens is 1. The number of hydrogen-bond donors (Lipinski definition) is 1. The van der Waals surface area contributed by atoms with Crippen LogP contribution in [0.15, 0.2) is 30.3 Å². The van der Waals surface area contributed by atoms with Gasteiger partial charge in [0.2, 0.25) is 0 Å². The van der Waals surface area contributed by atoms with Gasteiger partial charge in [-0.05, 0) is 25.8 Å². The Morgan fingerprint density at radius 1 is 1.14 bits per heavy atom. The molecule has 0 amide bonds. The lowest BCUT2D eigenvalue weighted by molar-refractivity contribution is 0.278. The van der Waals surface area contributed by atoms with Gasteiger partial charge >= 0.3 is 0 Å². The number of hydrogen-bond acceptors (Lipinski definition) is 4. The molecule has 0 aliphatic heterocycles. The maximum atomic E-state index is 5.74. The summed E-state index contributed by atoms with van der Waals surface area (Å²) in [6, 6.07) is 10.6. The second-order valence-electron chi connectivity index (χ2n) is 5.04. The van der Waals surface area contributed by atoms with Gasteiger partial charge in [0.25, 0.3) is 0 Å². The zero-order chi connectivity index (χ0) is 14.4. The zero-order valence-corrected chi connectivity index (χ0v) is 14.3. The lowest BCUT2D eigenvalue weighted by Crippen LogP contribution is -2.31. The number of benzene rings is 1. The van der Waals surface area contributed by atoms with E-state index < -0.39 is 0 Å². The van der Waals surface area contributed by atoms with Gasteiger partial charge in [-0.3, -0.25) is 4.90 Å². The summed E-state index contributed by atoms with van der Waals surface area (Å²) >= 11 is 1.80. The minimum atomic E-state index is 0. The van der Waals surface area contributed by atoms with Crippen LogP contribution in [-0.4, -0.2) is 29.5 Å². The van der Waals surface area contributed by atoms with Crippen molar-refractivity contribution in [2.75, 3.05) is 19.6 Å². The largest absolute Gasteiger partial charge is 0.329 e. The van der Waals surface area contributed by atoms with Crippen LogP contribution in [0.25, 0.3) is 0 Å². The van der Waals surface area contributed by atoms with Gasteiger partial charge in [0.05, 0.1) is 10.7 Å². The third-order valence-electron chi connectivity index (χ3n) is 3.37. The third-order valence-corrected chi connectivity index (χ3v) is 4.43. The third kappa shape index (κ3) is 5.75. The number of nitrogens with zero attached hydrogens (tertiary/aromatic N) is 2. The SMILES string of the molecule is Cc1nc(C)c(CN(CCN)CCc2ccccc2)s1.Cl. The van der Waals surface area contributed by atoms with Crippen molar-refractivity contribution in [1.29, 1.82) is 0 Å².